The molecule has 80 valence electrons. The summed E-state index contributed by atoms with van der Waals surface area (Å²) in [4.78, 5) is 13.4. The van der Waals surface area contributed by atoms with Gasteiger partial charge >= 0.3 is 0 Å². The summed E-state index contributed by atoms with van der Waals surface area (Å²) in [6, 6.07) is 0.119. The van der Waals surface area contributed by atoms with Crippen LogP contribution in [0.2, 0.25) is 0 Å². The number of likely N-dealkylation sites (tertiary alicyclic amines) is 1. The van der Waals surface area contributed by atoms with Crippen LogP contribution in [0.1, 0.15) is 19.3 Å². The molecule has 2 N–H and O–H groups in total. The molecule has 1 aliphatic carbocycles. The van der Waals surface area contributed by atoms with Gasteiger partial charge in [0.15, 0.2) is 0 Å². The Morgan fingerprint density at radius 2 is 2.14 bits per heavy atom. The Kier molecular flexibility index (Phi) is 2.88. The minimum absolute atomic E-state index is 0.0168. The highest BCUT2D eigenvalue weighted by molar-refractivity contribution is 7.86. The Morgan fingerprint density at radius 1 is 1.43 bits per heavy atom. The van der Waals surface area contributed by atoms with Gasteiger partial charge in [-0.3, -0.25) is 9.00 Å². The van der Waals surface area contributed by atoms with Crippen molar-refractivity contribution in [2.45, 2.75) is 30.6 Å². The van der Waals surface area contributed by atoms with Crippen LogP contribution in [0.15, 0.2) is 0 Å². The van der Waals surface area contributed by atoms with Crippen LogP contribution in [0, 0.1) is 0 Å². The second-order valence-electron chi connectivity index (χ2n) is 4.11. The van der Waals surface area contributed by atoms with E-state index in [0.717, 1.165) is 25.8 Å². The monoisotopic (exact) mass is 216 g/mol. The maximum absolute atomic E-state index is 11.6. The van der Waals surface area contributed by atoms with Crippen molar-refractivity contribution in [3.05, 3.63) is 0 Å². The van der Waals surface area contributed by atoms with E-state index in [-0.39, 0.29) is 17.7 Å². The summed E-state index contributed by atoms with van der Waals surface area (Å²) < 4.78 is 11.5. The van der Waals surface area contributed by atoms with Gasteiger partial charge in [0.25, 0.3) is 0 Å². The zero-order valence-corrected chi connectivity index (χ0v) is 8.96. The van der Waals surface area contributed by atoms with E-state index >= 15 is 0 Å². The van der Waals surface area contributed by atoms with Gasteiger partial charge in [0, 0.05) is 35.2 Å². The molecule has 0 aromatic carbocycles. The lowest BCUT2D eigenvalue weighted by molar-refractivity contribution is -0.127. The van der Waals surface area contributed by atoms with Crippen LogP contribution in [0.5, 0.6) is 0 Å². The van der Waals surface area contributed by atoms with Crippen LogP contribution in [0.25, 0.3) is 0 Å². The largest absolute Gasteiger partial charge is 0.340 e. The Bertz CT molecular complexity index is 266. The third kappa shape index (κ3) is 2.33. The Balaban J connectivity index is 1.80. The summed E-state index contributed by atoms with van der Waals surface area (Å²) in [6.07, 6.45) is 2.93. The Labute approximate surface area is 86.3 Å². The fraction of sp³-hybridized carbons (Fsp3) is 0.889. The van der Waals surface area contributed by atoms with E-state index in [1.54, 1.807) is 4.90 Å². The highest BCUT2D eigenvalue weighted by Crippen LogP contribution is 2.26. The molecule has 1 aliphatic heterocycles. The van der Waals surface area contributed by atoms with E-state index in [1.807, 2.05) is 0 Å². The van der Waals surface area contributed by atoms with Crippen molar-refractivity contribution in [3.8, 4) is 0 Å². The topological polar surface area (TPSA) is 63.4 Å². The Hall–Kier alpha value is -0.420. The smallest absolute Gasteiger partial charge is 0.235 e. The molecule has 1 saturated heterocycles. The third-order valence-corrected chi connectivity index (χ3v) is 4.49. The van der Waals surface area contributed by atoms with E-state index in [1.165, 1.54) is 0 Å². The fourth-order valence-electron chi connectivity index (χ4n) is 1.68. The van der Waals surface area contributed by atoms with Crippen molar-refractivity contribution in [1.82, 2.24) is 4.90 Å². The van der Waals surface area contributed by atoms with Crippen LogP contribution >= 0.6 is 0 Å². The molecule has 2 fully saturated rings. The first kappa shape index (κ1) is 10.1. The van der Waals surface area contributed by atoms with Gasteiger partial charge in [-0.05, 0) is 19.3 Å². The molecule has 4 nitrogen and oxygen atoms in total. The first-order valence-electron chi connectivity index (χ1n) is 5.07. The molecule has 1 heterocycles. The molecule has 14 heavy (non-hydrogen) atoms. The summed E-state index contributed by atoms with van der Waals surface area (Å²) >= 11 is 0. The summed E-state index contributed by atoms with van der Waals surface area (Å²) in [7, 11) is -0.930. The molecule has 1 saturated carbocycles. The van der Waals surface area contributed by atoms with E-state index in [9.17, 15) is 9.00 Å². The van der Waals surface area contributed by atoms with Crippen molar-refractivity contribution in [3.63, 3.8) is 0 Å². The van der Waals surface area contributed by atoms with Gasteiger partial charge in [-0.1, -0.05) is 0 Å². The van der Waals surface area contributed by atoms with Crippen molar-refractivity contribution < 1.29 is 9.00 Å². The number of amides is 1. The fourth-order valence-corrected chi connectivity index (χ4v) is 3.00. The second-order valence-corrected chi connectivity index (χ2v) is 5.83. The number of nitrogens with zero attached hydrogens (tertiary/aromatic N) is 1. The van der Waals surface area contributed by atoms with Crippen molar-refractivity contribution in [2.75, 3.05) is 18.8 Å². The number of rotatable bonds is 3. The number of nitrogens with two attached hydrogens (primary N) is 1. The average molecular weight is 216 g/mol. The van der Waals surface area contributed by atoms with E-state index in [0.29, 0.717) is 11.8 Å². The van der Waals surface area contributed by atoms with Crippen molar-refractivity contribution >= 4 is 16.7 Å². The summed E-state index contributed by atoms with van der Waals surface area (Å²) in [5.74, 6) is 0.223. The molecule has 0 bridgehead atoms. The van der Waals surface area contributed by atoms with Gasteiger partial charge in [0.2, 0.25) is 5.91 Å². The van der Waals surface area contributed by atoms with Gasteiger partial charge in [0.05, 0.1) is 0 Å². The molecule has 2 unspecified atom stereocenters. The first-order chi connectivity index (χ1) is 6.66. The molecular weight excluding hydrogens is 200 g/mol. The number of carbonyl (C=O) groups excluding carboxylic acids is 1. The molecule has 2 atom stereocenters. The van der Waals surface area contributed by atoms with E-state index in [2.05, 4.69) is 0 Å². The molecular formula is C9H16N2O2S. The predicted molar refractivity (Wildman–Crippen MR) is 55.2 cm³/mol. The quantitative estimate of drug-likeness (QED) is 0.689. The van der Waals surface area contributed by atoms with Crippen LogP contribution in [-0.2, 0) is 15.6 Å². The van der Waals surface area contributed by atoms with E-state index in [4.69, 9.17) is 5.73 Å². The van der Waals surface area contributed by atoms with Crippen LogP contribution in [-0.4, -0.2) is 45.2 Å². The Morgan fingerprint density at radius 3 is 2.64 bits per heavy atom. The molecule has 0 aromatic heterocycles. The standard InChI is InChI=1S/C9H16N2O2S/c10-7-3-4-11(5-7)9(12)6-14(13)8-1-2-8/h7-8H,1-6,10H2. The minimum Gasteiger partial charge on any atom is -0.340 e. The van der Waals surface area contributed by atoms with Gasteiger partial charge in [-0.15, -0.1) is 0 Å². The summed E-state index contributed by atoms with van der Waals surface area (Å²) in [5, 5.41) is 0.301. The molecule has 0 aromatic rings. The van der Waals surface area contributed by atoms with E-state index < -0.39 is 10.8 Å². The molecule has 0 radical (unpaired) electrons. The maximum atomic E-state index is 11.6. The highest BCUT2D eigenvalue weighted by Gasteiger charge is 2.32. The zero-order chi connectivity index (χ0) is 10.1. The summed E-state index contributed by atoms with van der Waals surface area (Å²) in [5.41, 5.74) is 5.70. The summed E-state index contributed by atoms with van der Waals surface area (Å²) in [6.45, 7) is 1.38. The average Bonchev–Trinajstić information content (AvgIpc) is 2.89. The number of hydrogen-bond donors (Lipinski definition) is 1. The maximum Gasteiger partial charge on any atom is 0.235 e. The lowest BCUT2D eigenvalue weighted by Crippen LogP contribution is -2.35. The highest BCUT2D eigenvalue weighted by atomic mass is 32.2. The van der Waals surface area contributed by atoms with Gasteiger partial charge in [0.1, 0.15) is 5.75 Å². The van der Waals surface area contributed by atoms with Gasteiger partial charge < -0.3 is 10.6 Å². The predicted octanol–water partition coefficient (Wildman–Crippen LogP) is -0.543. The lowest BCUT2D eigenvalue weighted by Gasteiger charge is -2.15. The molecule has 2 rings (SSSR count). The first-order valence-corrected chi connectivity index (χ1v) is 6.45. The molecule has 2 aliphatic rings. The van der Waals surface area contributed by atoms with Gasteiger partial charge in [-0.2, -0.15) is 0 Å². The lowest BCUT2D eigenvalue weighted by atomic mass is 10.3. The van der Waals surface area contributed by atoms with Crippen molar-refractivity contribution in [1.29, 1.82) is 0 Å². The molecule has 5 heteroatoms. The van der Waals surface area contributed by atoms with Crippen LogP contribution < -0.4 is 5.73 Å². The minimum atomic E-state index is -0.930. The molecule has 1 amide bonds. The number of hydrogen-bond acceptors (Lipinski definition) is 3. The second kappa shape index (κ2) is 3.98. The zero-order valence-electron chi connectivity index (χ0n) is 8.15. The van der Waals surface area contributed by atoms with Gasteiger partial charge in [-0.25, -0.2) is 0 Å². The normalized spacial score (nSPS) is 29.2. The third-order valence-electron chi connectivity index (χ3n) is 2.74. The van der Waals surface area contributed by atoms with Crippen molar-refractivity contribution in [2.24, 2.45) is 5.73 Å². The SMILES string of the molecule is NC1CCN(C(=O)CS(=O)C2CC2)C1. The number of carbonyl (C=O) groups is 1. The van der Waals surface area contributed by atoms with Crippen LogP contribution in [0.3, 0.4) is 0 Å². The molecule has 0 spiro atoms. The van der Waals surface area contributed by atoms with Crippen LogP contribution in [0.4, 0.5) is 0 Å².